The molecule has 0 N–H and O–H groups in total. The molecule has 0 spiro atoms. The largest absolute Gasteiger partial charge is 0.306 e. The summed E-state index contributed by atoms with van der Waals surface area (Å²) in [5.41, 5.74) is 0.593. The summed E-state index contributed by atoms with van der Waals surface area (Å²) in [4.78, 5) is 0. The number of fused-ring (bicyclic) bond motifs is 14. The average molecular weight is 833 g/mol. The molecule has 286 valence electrons. The number of nitriles is 2. The van der Waals surface area contributed by atoms with E-state index in [1.165, 1.54) is 22.7 Å². The van der Waals surface area contributed by atoms with Gasteiger partial charge in [-0.3, -0.25) is 0 Å². The Hall–Kier alpha value is -8.00. The smallest absolute Gasteiger partial charge is 0.102 e. The molecule has 4 nitrogen and oxygen atoms in total. The third kappa shape index (κ3) is 4.68. The van der Waals surface area contributed by atoms with Crippen LogP contribution in [0.15, 0.2) is 182 Å². The van der Waals surface area contributed by atoms with Gasteiger partial charge in [0.1, 0.15) is 12.1 Å². The molecule has 13 aromatic rings. The number of hydrogen-bond donors (Lipinski definition) is 0. The van der Waals surface area contributed by atoms with E-state index in [-0.39, 0.29) is 39.2 Å². The summed E-state index contributed by atoms with van der Waals surface area (Å²) in [7, 11) is 0. The van der Waals surface area contributed by atoms with Gasteiger partial charge in [-0.15, -0.1) is 22.7 Å². The highest BCUT2D eigenvalue weighted by molar-refractivity contribution is 7.27. The minimum atomic E-state index is -0.690. The molecule has 0 aliphatic carbocycles. The van der Waals surface area contributed by atoms with Gasteiger partial charge in [-0.25, -0.2) is 0 Å². The summed E-state index contributed by atoms with van der Waals surface area (Å²) in [5.74, 6) is 0. The highest BCUT2D eigenvalue weighted by Gasteiger charge is 2.32. The van der Waals surface area contributed by atoms with E-state index in [2.05, 4.69) is 12.1 Å². The van der Waals surface area contributed by atoms with Crippen molar-refractivity contribution in [2.24, 2.45) is 0 Å². The molecule has 0 unspecified atom stereocenters. The van der Waals surface area contributed by atoms with Crippen molar-refractivity contribution in [3.05, 3.63) is 193 Å². The molecule has 0 saturated heterocycles. The minimum Gasteiger partial charge on any atom is -0.306 e. The second-order valence-corrected chi connectivity index (χ2v) is 17.1. The molecule has 0 aliphatic rings. The van der Waals surface area contributed by atoms with Crippen LogP contribution in [-0.2, 0) is 0 Å². The number of thiophene rings is 2. The lowest BCUT2D eigenvalue weighted by Gasteiger charge is -2.25. The van der Waals surface area contributed by atoms with E-state index in [0.717, 1.165) is 61.9 Å². The Morgan fingerprint density at radius 2 is 0.790 bits per heavy atom. The summed E-state index contributed by atoms with van der Waals surface area (Å²) < 4.78 is 99.6. The van der Waals surface area contributed by atoms with Gasteiger partial charge in [-0.1, -0.05) is 157 Å². The van der Waals surface area contributed by atoms with E-state index in [0.29, 0.717) is 22.1 Å². The quantitative estimate of drug-likeness (QED) is 0.177. The maximum Gasteiger partial charge on any atom is 0.102 e. The second kappa shape index (κ2) is 13.3. The molecule has 9 aromatic carbocycles. The standard InChI is InChI=1S/C56H30N4S2/c57-31-43-49(33-15-3-1-4-16-33)44(32-58)52(60-46-24-12-8-20-36(46)40-28-30-42-38-22-10-14-26-48(38)62-56(42)54(40)60)50(34-17-5-2-6-18-34)51(43)59-45-23-11-7-19-35(45)39-27-29-41-37-21-9-13-25-47(37)61-55(41)53(39)59/h1-30H/i1D,2D,3D,4D,5D,6D,15D,16D,17D,18D. The van der Waals surface area contributed by atoms with E-state index in [4.69, 9.17) is 5.48 Å². The normalized spacial score (nSPS) is 14.1. The topological polar surface area (TPSA) is 57.4 Å². The Bertz CT molecular complexity index is 4460. The van der Waals surface area contributed by atoms with Crippen molar-refractivity contribution in [1.29, 1.82) is 10.5 Å². The lowest BCUT2D eigenvalue weighted by molar-refractivity contribution is 1.13. The highest BCUT2D eigenvalue weighted by atomic mass is 32.1. The second-order valence-electron chi connectivity index (χ2n) is 15.0. The van der Waals surface area contributed by atoms with Crippen molar-refractivity contribution in [3.8, 4) is 45.8 Å². The predicted octanol–water partition coefficient (Wildman–Crippen LogP) is 15.7. The summed E-state index contributed by atoms with van der Waals surface area (Å²) in [6.45, 7) is 0. The van der Waals surface area contributed by atoms with Crippen molar-refractivity contribution in [3.63, 3.8) is 0 Å². The van der Waals surface area contributed by atoms with Gasteiger partial charge in [-0.2, -0.15) is 10.5 Å². The number of nitrogens with zero attached hydrogens (tertiary/aromatic N) is 4. The van der Waals surface area contributed by atoms with Crippen LogP contribution in [0.5, 0.6) is 0 Å². The molecular formula is C56H30N4S2. The van der Waals surface area contributed by atoms with Crippen LogP contribution in [0.2, 0.25) is 0 Å². The van der Waals surface area contributed by atoms with Crippen LogP contribution < -0.4 is 0 Å². The molecule has 6 heteroatoms. The van der Waals surface area contributed by atoms with Gasteiger partial charge in [0.05, 0.1) is 67.7 Å². The molecule has 62 heavy (non-hydrogen) atoms. The fourth-order valence-electron chi connectivity index (χ4n) is 9.55. The Morgan fingerprint density at radius 1 is 0.403 bits per heavy atom. The molecule has 0 fully saturated rings. The third-order valence-corrected chi connectivity index (χ3v) is 14.4. The molecule has 0 amide bonds. The highest BCUT2D eigenvalue weighted by Crippen LogP contribution is 2.52. The van der Waals surface area contributed by atoms with Gasteiger partial charge in [0.15, 0.2) is 0 Å². The first-order chi connectivity index (χ1) is 34.9. The molecule has 4 aromatic heterocycles. The lowest BCUT2D eigenvalue weighted by atomic mass is 9.86. The van der Waals surface area contributed by atoms with Crippen LogP contribution in [0, 0.1) is 22.7 Å². The zero-order valence-electron chi connectivity index (χ0n) is 42.2. The Balaban J connectivity index is 1.41. The first-order valence-electron chi connectivity index (χ1n) is 24.7. The number of benzene rings is 9. The van der Waals surface area contributed by atoms with Gasteiger partial charge >= 0.3 is 0 Å². The van der Waals surface area contributed by atoms with Gasteiger partial charge in [-0.05, 0) is 35.4 Å². The monoisotopic (exact) mass is 832 g/mol. The van der Waals surface area contributed by atoms with Crippen molar-refractivity contribution in [2.45, 2.75) is 0 Å². The van der Waals surface area contributed by atoms with Crippen molar-refractivity contribution >= 4 is 107 Å². The Kier molecular flexibility index (Phi) is 5.61. The predicted molar refractivity (Wildman–Crippen MR) is 261 cm³/mol. The third-order valence-electron chi connectivity index (χ3n) is 12.0. The molecule has 0 radical (unpaired) electrons. The van der Waals surface area contributed by atoms with Gasteiger partial charge in [0.25, 0.3) is 0 Å². The molecule has 0 atom stereocenters. The van der Waals surface area contributed by atoms with Crippen LogP contribution >= 0.6 is 22.7 Å². The number of para-hydroxylation sites is 2. The van der Waals surface area contributed by atoms with Gasteiger partial charge < -0.3 is 9.13 Å². The van der Waals surface area contributed by atoms with Crippen LogP contribution in [0.25, 0.3) is 118 Å². The summed E-state index contributed by atoms with van der Waals surface area (Å²) >= 11 is 3.04. The van der Waals surface area contributed by atoms with E-state index in [1.807, 2.05) is 130 Å². The van der Waals surface area contributed by atoms with Gasteiger partial charge in [0, 0.05) is 63.6 Å². The molecule has 0 bridgehead atoms. The zero-order valence-corrected chi connectivity index (χ0v) is 33.8. The summed E-state index contributed by atoms with van der Waals surface area (Å²) in [5, 5.41) is 30.9. The molecular weight excluding hydrogens is 793 g/mol. The van der Waals surface area contributed by atoms with Crippen LogP contribution in [0.4, 0.5) is 0 Å². The van der Waals surface area contributed by atoms with Crippen LogP contribution in [0.3, 0.4) is 0 Å². The first-order valence-corrected chi connectivity index (χ1v) is 21.4. The number of hydrogen-bond acceptors (Lipinski definition) is 4. The Labute approximate surface area is 377 Å². The van der Waals surface area contributed by atoms with E-state index < -0.39 is 66.0 Å². The fourth-order valence-corrected chi connectivity index (χ4v) is 12.0. The van der Waals surface area contributed by atoms with E-state index >= 15 is 0 Å². The molecule has 4 heterocycles. The first kappa shape index (κ1) is 26.3. The molecule has 13 rings (SSSR count). The van der Waals surface area contributed by atoms with Crippen LogP contribution in [0.1, 0.15) is 24.8 Å². The minimum absolute atomic E-state index is 0.0163. The lowest BCUT2D eigenvalue weighted by Crippen LogP contribution is -2.11. The van der Waals surface area contributed by atoms with Crippen molar-refractivity contribution in [2.75, 3.05) is 0 Å². The molecule has 0 aliphatic heterocycles. The SMILES string of the molecule is [2H]c1c([2H])c([2H])c(-c2c(C#N)c(-n3c4ccccc4c4ccc5c6ccccc6sc5c43)c(-c3c([2H])c([2H])c([2H])c([2H])c3[2H])c(-n3c4ccccc4c4ccc5c6ccccc6sc5c43)c2C#N)c([2H])c1[2H]. The van der Waals surface area contributed by atoms with Gasteiger partial charge in [0.2, 0.25) is 0 Å². The Morgan fingerprint density at radius 3 is 1.24 bits per heavy atom. The average Bonchev–Trinajstić information content (AvgIpc) is 4.16. The van der Waals surface area contributed by atoms with Crippen molar-refractivity contribution in [1.82, 2.24) is 9.13 Å². The number of rotatable bonds is 4. The maximum absolute atomic E-state index is 12.0. The molecule has 0 saturated carbocycles. The fraction of sp³-hybridized carbons (Fsp3) is 0. The van der Waals surface area contributed by atoms with E-state index in [1.54, 1.807) is 0 Å². The van der Waals surface area contributed by atoms with Crippen molar-refractivity contribution < 1.29 is 13.7 Å². The zero-order chi connectivity index (χ0) is 49.8. The maximum atomic E-state index is 12.0. The summed E-state index contributed by atoms with van der Waals surface area (Å²) in [6, 6.07) is 37.2. The number of aromatic nitrogens is 2. The summed E-state index contributed by atoms with van der Waals surface area (Å²) in [6.07, 6.45) is 0. The van der Waals surface area contributed by atoms with Crippen LogP contribution in [-0.4, -0.2) is 9.13 Å². The van der Waals surface area contributed by atoms with E-state index in [9.17, 15) is 18.7 Å².